The van der Waals surface area contributed by atoms with Crippen LogP contribution in [-0.2, 0) is 14.3 Å². The number of aliphatic carboxylic acids is 1. The second-order valence-electron chi connectivity index (χ2n) is 7.15. The molecule has 152 valence electrons. The number of carboxylic acid groups (broad SMARTS) is 1. The summed E-state index contributed by atoms with van der Waals surface area (Å²) in [6.45, 7) is 10.9. The Labute approximate surface area is 160 Å². The van der Waals surface area contributed by atoms with Crippen LogP contribution in [0.25, 0.3) is 0 Å². The second-order valence-corrected chi connectivity index (χ2v) is 7.15. The van der Waals surface area contributed by atoms with E-state index in [0.29, 0.717) is 0 Å². The Bertz CT molecular complexity index is 657. The summed E-state index contributed by atoms with van der Waals surface area (Å²) >= 11 is 0. The lowest BCUT2D eigenvalue weighted by Crippen LogP contribution is -2.42. The molecule has 0 heterocycles. The smallest absolute Gasteiger partial charge is 0.325 e. The molecule has 0 radical (unpaired) electrons. The van der Waals surface area contributed by atoms with E-state index in [9.17, 15) is 14.4 Å². The Morgan fingerprint density at radius 1 is 1.15 bits per heavy atom. The zero-order valence-electron chi connectivity index (χ0n) is 17.2. The number of carbonyl (C=O) groups excluding carboxylic acids is 2. The SMILES string of the molecule is Cc1cc(C)c(N(C)C(=O)NCC(=O)OC(C)(C)C)c(C)c1.NCC(=O)O. The fraction of sp³-hybridized carbons (Fsp3) is 0.526. The molecule has 0 spiro atoms. The summed E-state index contributed by atoms with van der Waals surface area (Å²) in [5, 5.41) is 10.2. The van der Waals surface area contributed by atoms with Gasteiger partial charge in [-0.3, -0.25) is 14.5 Å². The molecular formula is C19H31N3O5. The summed E-state index contributed by atoms with van der Waals surface area (Å²) in [6, 6.07) is 3.72. The van der Waals surface area contributed by atoms with E-state index in [1.54, 1.807) is 27.8 Å². The van der Waals surface area contributed by atoms with E-state index in [-0.39, 0.29) is 19.1 Å². The molecule has 0 fully saturated rings. The van der Waals surface area contributed by atoms with Crippen LogP contribution in [-0.4, -0.2) is 48.8 Å². The highest BCUT2D eigenvalue weighted by atomic mass is 16.6. The van der Waals surface area contributed by atoms with Crippen LogP contribution in [0.1, 0.15) is 37.5 Å². The van der Waals surface area contributed by atoms with Crippen LogP contribution >= 0.6 is 0 Å². The number of aryl methyl sites for hydroxylation is 3. The van der Waals surface area contributed by atoms with Gasteiger partial charge in [0, 0.05) is 7.05 Å². The van der Waals surface area contributed by atoms with Crippen molar-refractivity contribution in [3.05, 3.63) is 28.8 Å². The lowest BCUT2D eigenvalue weighted by Gasteiger charge is -2.23. The summed E-state index contributed by atoms with van der Waals surface area (Å²) < 4.78 is 5.16. The van der Waals surface area contributed by atoms with Gasteiger partial charge < -0.3 is 20.9 Å². The van der Waals surface area contributed by atoms with Gasteiger partial charge in [0.25, 0.3) is 0 Å². The van der Waals surface area contributed by atoms with Crippen molar-refractivity contribution in [2.75, 3.05) is 25.0 Å². The molecular weight excluding hydrogens is 350 g/mol. The quantitative estimate of drug-likeness (QED) is 0.687. The number of hydrogen-bond acceptors (Lipinski definition) is 5. The highest BCUT2D eigenvalue weighted by molar-refractivity contribution is 5.94. The first-order valence-electron chi connectivity index (χ1n) is 8.51. The van der Waals surface area contributed by atoms with E-state index in [2.05, 4.69) is 11.1 Å². The number of carboxylic acids is 1. The van der Waals surface area contributed by atoms with Gasteiger partial charge in [-0.15, -0.1) is 0 Å². The Morgan fingerprint density at radius 3 is 1.96 bits per heavy atom. The molecule has 27 heavy (non-hydrogen) atoms. The molecule has 0 atom stereocenters. The maximum absolute atomic E-state index is 12.2. The van der Waals surface area contributed by atoms with Crippen molar-refractivity contribution in [2.45, 2.75) is 47.1 Å². The van der Waals surface area contributed by atoms with E-state index >= 15 is 0 Å². The minimum absolute atomic E-state index is 0.148. The minimum atomic E-state index is -0.968. The number of benzene rings is 1. The van der Waals surface area contributed by atoms with E-state index in [4.69, 9.17) is 9.84 Å². The number of carbonyl (C=O) groups is 3. The lowest BCUT2D eigenvalue weighted by molar-refractivity contribution is -0.153. The molecule has 0 aliphatic carbocycles. The molecule has 8 heteroatoms. The second kappa shape index (κ2) is 10.5. The third kappa shape index (κ3) is 9.60. The predicted octanol–water partition coefficient (Wildman–Crippen LogP) is 2.13. The minimum Gasteiger partial charge on any atom is -0.480 e. The van der Waals surface area contributed by atoms with Crippen LogP contribution in [0, 0.1) is 20.8 Å². The van der Waals surface area contributed by atoms with Gasteiger partial charge in [-0.1, -0.05) is 17.7 Å². The molecule has 0 saturated heterocycles. The largest absolute Gasteiger partial charge is 0.480 e. The number of amides is 2. The van der Waals surface area contributed by atoms with Crippen molar-refractivity contribution in [2.24, 2.45) is 5.73 Å². The number of urea groups is 1. The Kier molecular flexibility index (Phi) is 9.50. The van der Waals surface area contributed by atoms with Gasteiger partial charge in [-0.25, -0.2) is 4.79 Å². The molecule has 0 unspecified atom stereocenters. The molecule has 2 amide bonds. The number of anilines is 1. The molecule has 0 aliphatic rings. The van der Waals surface area contributed by atoms with E-state index in [1.807, 2.05) is 32.9 Å². The van der Waals surface area contributed by atoms with Crippen LogP contribution < -0.4 is 16.0 Å². The lowest BCUT2D eigenvalue weighted by atomic mass is 10.0. The first kappa shape index (κ1) is 24.4. The fourth-order valence-corrected chi connectivity index (χ4v) is 2.45. The van der Waals surface area contributed by atoms with Gasteiger partial charge in [-0.2, -0.15) is 0 Å². The van der Waals surface area contributed by atoms with Gasteiger partial charge in [0.2, 0.25) is 0 Å². The summed E-state index contributed by atoms with van der Waals surface area (Å²) in [5.74, 6) is -1.42. The Balaban J connectivity index is 0.00000119. The number of nitrogens with one attached hydrogen (secondary N) is 1. The van der Waals surface area contributed by atoms with Crippen LogP contribution in [0.15, 0.2) is 12.1 Å². The monoisotopic (exact) mass is 381 g/mol. The molecule has 1 rings (SSSR count). The van der Waals surface area contributed by atoms with E-state index in [0.717, 1.165) is 22.4 Å². The highest BCUT2D eigenvalue weighted by Crippen LogP contribution is 2.25. The maximum Gasteiger partial charge on any atom is 0.325 e. The molecule has 0 bridgehead atoms. The predicted molar refractivity (Wildman–Crippen MR) is 105 cm³/mol. The van der Waals surface area contributed by atoms with Crippen molar-refractivity contribution >= 4 is 23.7 Å². The van der Waals surface area contributed by atoms with Gasteiger partial charge in [0.1, 0.15) is 12.1 Å². The number of esters is 1. The molecule has 0 aliphatic heterocycles. The third-order valence-corrected chi connectivity index (χ3v) is 3.25. The summed E-state index contributed by atoms with van der Waals surface area (Å²) in [7, 11) is 1.69. The average Bonchev–Trinajstić information content (AvgIpc) is 2.50. The van der Waals surface area contributed by atoms with Crippen molar-refractivity contribution in [3.8, 4) is 0 Å². The first-order chi connectivity index (χ1) is 12.3. The standard InChI is InChI=1S/C17H26N2O3.C2H5NO2/c1-11-8-12(2)15(13(3)9-11)19(7)16(21)18-10-14(20)22-17(4,5)6;3-1-2(4)5/h8-9H,10H2,1-7H3,(H,18,21);1,3H2,(H,4,5). The summed E-state index contributed by atoms with van der Waals surface area (Å²) in [6.07, 6.45) is 0. The third-order valence-electron chi connectivity index (χ3n) is 3.25. The van der Waals surface area contributed by atoms with Crippen molar-refractivity contribution < 1.29 is 24.2 Å². The molecule has 8 nitrogen and oxygen atoms in total. The van der Waals surface area contributed by atoms with Crippen molar-refractivity contribution in [1.82, 2.24) is 5.32 Å². The molecule has 1 aromatic rings. The summed E-state index contributed by atoms with van der Waals surface area (Å²) in [5.41, 5.74) is 8.06. The number of rotatable bonds is 4. The normalized spacial score (nSPS) is 10.4. The van der Waals surface area contributed by atoms with Crippen LogP contribution in [0.2, 0.25) is 0 Å². The molecule has 0 saturated carbocycles. The van der Waals surface area contributed by atoms with Crippen LogP contribution in [0.3, 0.4) is 0 Å². The topological polar surface area (TPSA) is 122 Å². The van der Waals surface area contributed by atoms with Gasteiger partial charge in [-0.05, 0) is 52.7 Å². The highest BCUT2D eigenvalue weighted by Gasteiger charge is 2.19. The molecule has 1 aromatic carbocycles. The molecule has 0 aromatic heterocycles. The van der Waals surface area contributed by atoms with Crippen LogP contribution in [0.5, 0.6) is 0 Å². The average molecular weight is 381 g/mol. The number of nitrogens with zero attached hydrogens (tertiary/aromatic N) is 1. The van der Waals surface area contributed by atoms with Gasteiger partial charge in [0.15, 0.2) is 0 Å². The number of hydrogen-bond donors (Lipinski definition) is 3. The van der Waals surface area contributed by atoms with Crippen molar-refractivity contribution in [1.29, 1.82) is 0 Å². The zero-order valence-corrected chi connectivity index (χ0v) is 17.2. The Morgan fingerprint density at radius 2 is 1.59 bits per heavy atom. The fourth-order valence-electron chi connectivity index (χ4n) is 2.45. The zero-order chi connectivity index (χ0) is 21.4. The maximum atomic E-state index is 12.2. The summed E-state index contributed by atoms with van der Waals surface area (Å²) in [4.78, 5) is 34.6. The van der Waals surface area contributed by atoms with Gasteiger partial charge in [0.05, 0.1) is 12.2 Å². The Hall–Kier alpha value is -2.61. The molecule has 4 N–H and O–H groups in total. The van der Waals surface area contributed by atoms with E-state index < -0.39 is 17.5 Å². The van der Waals surface area contributed by atoms with Crippen LogP contribution in [0.4, 0.5) is 10.5 Å². The van der Waals surface area contributed by atoms with Gasteiger partial charge >= 0.3 is 18.0 Å². The number of ether oxygens (including phenoxy) is 1. The van der Waals surface area contributed by atoms with Crippen molar-refractivity contribution in [3.63, 3.8) is 0 Å². The van der Waals surface area contributed by atoms with E-state index in [1.165, 1.54) is 4.90 Å². The number of nitrogens with two attached hydrogens (primary N) is 1. The first-order valence-corrected chi connectivity index (χ1v) is 8.51.